The van der Waals surface area contributed by atoms with Crippen molar-refractivity contribution < 1.29 is 4.79 Å². The van der Waals surface area contributed by atoms with Gasteiger partial charge in [0.15, 0.2) is 0 Å². The number of rotatable bonds is 4. The topological polar surface area (TPSA) is 46.9 Å². The van der Waals surface area contributed by atoms with E-state index in [0.717, 1.165) is 29.8 Å². The molecule has 0 bridgehead atoms. The summed E-state index contributed by atoms with van der Waals surface area (Å²) in [5, 5.41) is 9.32. The van der Waals surface area contributed by atoms with E-state index < -0.39 is 0 Å². The van der Waals surface area contributed by atoms with E-state index >= 15 is 0 Å². The van der Waals surface area contributed by atoms with Crippen LogP contribution >= 0.6 is 11.3 Å². The number of aromatic nitrogens is 2. The van der Waals surface area contributed by atoms with Gasteiger partial charge in [0.05, 0.1) is 4.88 Å². The molecule has 2 aromatic heterocycles. The molecule has 20 heavy (non-hydrogen) atoms. The molecule has 1 amide bonds. The standard InChI is InChI=1S/C15H19N3OS/c1-18-12(7-9-17-18)6-8-16-15(19)14-13-5-3-2-4-11(13)10-20-14/h7,9-10H,2-6,8H2,1H3,(H,16,19). The van der Waals surface area contributed by atoms with Crippen molar-refractivity contribution in [2.24, 2.45) is 7.05 Å². The highest BCUT2D eigenvalue weighted by molar-refractivity contribution is 7.12. The van der Waals surface area contributed by atoms with Crippen LogP contribution in [0.25, 0.3) is 0 Å². The van der Waals surface area contributed by atoms with Crippen molar-refractivity contribution >= 4 is 17.2 Å². The van der Waals surface area contributed by atoms with Gasteiger partial charge in [0.1, 0.15) is 0 Å². The number of thiophene rings is 1. The monoisotopic (exact) mass is 289 g/mol. The van der Waals surface area contributed by atoms with Crippen molar-refractivity contribution in [1.29, 1.82) is 0 Å². The predicted molar refractivity (Wildman–Crippen MR) is 80.2 cm³/mol. The zero-order valence-electron chi connectivity index (χ0n) is 11.7. The number of carbonyl (C=O) groups is 1. The van der Waals surface area contributed by atoms with Crippen LogP contribution in [0.1, 0.15) is 39.3 Å². The van der Waals surface area contributed by atoms with Crippen molar-refractivity contribution in [1.82, 2.24) is 15.1 Å². The lowest BCUT2D eigenvalue weighted by Gasteiger charge is -2.12. The third-order valence-electron chi connectivity index (χ3n) is 3.90. The molecule has 2 heterocycles. The average Bonchev–Trinajstić information content (AvgIpc) is 3.05. The van der Waals surface area contributed by atoms with E-state index in [1.54, 1.807) is 17.5 Å². The van der Waals surface area contributed by atoms with Gasteiger partial charge in [-0.05, 0) is 48.3 Å². The Morgan fingerprint density at radius 1 is 1.45 bits per heavy atom. The Kier molecular flexibility index (Phi) is 3.87. The van der Waals surface area contributed by atoms with Crippen LogP contribution in [0.15, 0.2) is 17.6 Å². The summed E-state index contributed by atoms with van der Waals surface area (Å²) in [6, 6.07) is 1.99. The van der Waals surface area contributed by atoms with Crippen LogP contribution in [0.5, 0.6) is 0 Å². The first-order valence-corrected chi connectivity index (χ1v) is 7.98. The van der Waals surface area contributed by atoms with Gasteiger partial charge in [-0.2, -0.15) is 5.10 Å². The predicted octanol–water partition coefficient (Wildman–Crippen LogP) is 2.33. The summed E-state index contributed by atoms with van der Waals surface area (Å²) in [5.41, 5.74) is 3.82. The van der Waals surface area contributed by atoms with Crippen LogP contribution in [-0.4, -0.2) is 22.2 Å². The first kappa shape index (κ1) is 13.4. The fourth-order valence-electron chi connectivity index (χ4n) is 2.74. The highest BCUT2D eigenvalue weighted by atomic mass is 32.1. The number of hydrogen-bond acceptors (Lipinski definition) is 3. The molecule has 1 aliphatic rings. The molecule has 0 atom stereocenters. The first-order chi connectivity index (χ1) is 9.75. The highest BCUT2D eigenvalue weighted by Gasteiger charge is 2.19. The van der Waals surface area contributed by atoms with Crippen LogP contribution < -0.4 is 5.32 Å². The molecule has 0 spiro atoms. The van der Waals surface area contributed by atoms with Gasteiger partial charge in [-0.1, -0.05) is 0 Å². The number of carbonyl (C=O) groups excluding carboxylic acids is 1. The second-order valence-corrected chi connectivity index (χ2v) is 6.11. The molecule has 0 unspecified atom stereocenters. The average molecular weight is 289 g/mol. The normalized spacial score (nSPS) is 14.1. The summed E-state index contributed by atoms with van der Waals surface area (Å²) in [7, 11) is 1.92. The molecular formula is C15H19N3OS. The maximum Gasteiger partial charge on any atom is 0.261 e. The smallest absolute Gasteiger partial charge is 0.261 e. The molecule has 0 aromatic carbocycles. The molecule has 0 aliphatic heterocycles. The van der Waals surface area contributed by atoms with Gasteiger partial charge < -0.3 is 5.32 Å². The quantitative estimate of drug-likeness (QED) is 0.939. The van der Waals surface area contributed by atoms with E-state index in [1.165, 1.54) is 24.0 Å². The summed E-state index contributed by atoms with van der Waals surface area (Å²) >= 11 is 1.59. The zero-order valence-corrected chi connectivity index (χ0v) is 12.5. The van der Waals surface area contributed by atoms with Crippen LogP contribution in [0, 0.1) is 0 Å². The molecule has 0 saturated heterocycles. The van der Waals surface area contributed by atoms with Gasteiger partial charge in [0.25, 0.3) is 5.91 Å². The van der Waals surface area contributed by atoms with E-state index in [9.17, 15) is 4.79 Å². The lowest BCUT2D eigenvalue weighted by atomic mass is 9.94. The molecule has 3 rings (SSSR count). The summed E-state index contributed by atoms with van der Waals surface area (Å²) in [6.45, 7) is 0.658. The Hall–Kier alpha value is -1.62. The maximum atomic E-state index is 12.3. The highest BCUT2D eigenvalue weighted by Crippen LogP contribution is 2.29. The van der Waals surface area contributed by atoms with Crippen molar-refractivity contribution in [3.63, 3.8) is 0 Å². The van der Waals surface area contributed by atoms with Crippen molar-refractivity contribution in [2.75, 3.05) is 6.54 Å². The Labute approximate surface area is 122 Å². The van der Waals surface area contributed by atoms with Crippen molar-refractivity contribution in [2.45, 2.75) is 32.1 Å². The largest absolute Gasteiger partial charge is 0.351 e. The third-order valence-corrected chi connectivity index (χ3v) is 4.97. The molecule has 1 N–H and O–H groups in total. The fourth-order valence-corrected chi connectivity index (χ4v) is 3.82. The van der Waals surface area contributed by atoms with E-state index in [2.05, 4.69) is 15.8 Å². The SMILES string of the molecule is Cn1nccc1CCNC(=O)c1scc2c1CCCC2. The Morgan fingerprint density at radius 2 is 2.30 bits per heavy atom. The number of nitrogens with zero attached hydrogens (tertiary/aromatic N) is 2. The molecule has 2 aromatic rings. The van der Waals surface area contributed by atoms with Gasteiger partial charge in [-0.3, -0.25) is 9.48 Å². The molecule has 5 heteroatoms. The molecule has 0 saturated carbocycles. The number of amides is 1. The fraction of sp³-hybridized carbons (Fsp3) is 0.467. The summed E-state index contributed by atoms with van der Waals surface area (Å²) in [6.07, 6.45) is 7.25. The number of fused-ring (bicyclic) bond motifs is 1. The van der Waals surface area contributed by atoms with Gasteiger partial charge in [-0.15, -0.1) is 11.3 Å². The molecular weight excluding hydrogens is 270 g/mol. The van der Waals surface area contributed by atoms with Crippen LogP contribution in [0.2, 0.25) is 0 Å². The van der Waals surface area contributed by atoms with E-state index in [4.69, 9.17) is 0 Å². The first-order valence-electron chi connectivity index (χ1n) is 7.10. The van der Waals surface area contributed by atoms with Gasteiger partial charge in [0, 0.05) is 31.9 Å². The van der Waals surface area contributed by atoms with E-state index in [-0.39, 0.29) is 5.91 Å². The lowest BCUT2D eigenvalue weighted by Crippen LogP contribution is -2.26. The summed E-state index contributed by atoms with van der Waals surface area (Å²) < 4.78 is 1.85. The minimum Gasteiger partial charge on any atom is -0.351 e. The molecule has 4 nitrogen and oxygen atoms in total. The summed E-state index contributed by atoms with van der Waals surface area (Å²) in [5.74, 6) is 0.0836. The maximum absolute atomic E-state index is 12.3. The van der Waals surface area contributed by atoms with Crippen molar-refractivity contribution in [3.05, 3.63) is 39.3 Å². The van der Waals surface area contributed by atoms with Gasteiger partial charge >= 0.3 is 0 Å². The second kappa shape index (κ2) is 5.79. The van der Waals surface area contributed by atoms with E-state index in [0.29, 0.717) is 6.54 Å². The molecule has 0 radical (unpaired) electrons. The Balaban J connectivity index is 1.59. The minimum atomic E-state index is 0.0836. The Bertz CT molecular complexity index is 614. The number of hydrogen-bond donors (Lipinski definition) is 1. The second-order valence-electron chi connectivity index (χ2n) is 5.23. The van der Waals surface area contributed by atoms with Crippen molar-refractivity contribution in [3.8, 4) is 0 Å². The van der Waals surface area contributed by atoms with Gasteiger partial charge in [0.2, 0.25) is 0 Å². The van der Waals surface area contributed by atoms with Crippen LogP contribution in [0.4, 0.5) is 0 Å². The molecule has 0 fully saturated rings. The van der Waals surface area contributed by atoms with Gasteiger partial charge in [-0.25, -0.2) is 0 Å². The van der Waals surface area contributed by atoms with E-state index in [1.807, 2.05) is 17.8 Å². The van der Waals surface area contributed by atoms with Crippen LogP contribution in [-0.2, 0) is 26.3 Å². The Morgan fingerprint density at radius 3 is 3.10 bits per heavy atom. The zero-order chi connectivity index (χ0) is 13.9. The number of aryl methyl sites for hydroxylation is 2. The third kappa shape index (κ3) is 2.63. The summed E-state index contributed by atoms with van der Waals surface area (Å²) in [4.78, 5) is 13.2. The minimum absolute atomic E-state index is 0.0836. The number of nitrogens with one attached hydrogen (secondary N) is 1. The van der Waals surface area contributed by atoms with Crippen LogP contribution in [0.3, 0.4) is 0 Å². The molecule has 1 aliphatic carbocycles. The lowest BCUT2D eigenvalue weighted by molar-refractivity contribution is 0.0957. The molecule has 106 valence electrons.